The maximum absolute atomic E-state index is 13.7. The second kappa shape index (κ2) is 5.17. The SMILES string of the molecule is Cc1ccc2nc(CSc3ccc(N)cc3F)cn2c1. The summed E-state index contributed by atoms with van der Waals surface area (Å²) in [7, 11) is 0. The van der Waals surface area contributed by atoms with Crippen molar-refractivity contribution in [1.82, 2.24) is 9.38 Å². The van der Waals surface area contributed by atoms with E-state index < -0.39 is 0 Å². The third-order valence-corrected chi connectivity index (χ3v) is 4.06. The Morgan fingerprint density at radius 2 is 2.10 bits per heavy atom. The molecule has 0 unspecified atom stereocenters. The first kappa shape index (κ1) is 13.0. The van der Waals surface area contributed by atoms with Gasteiger partial charge in [0.05, 0.1) is 5.69 Å². The topological polar surface area (TPSA) is 43.3 Å². The van der Waals surface area contributed by atoms with Gasteiger partial charge in [-0.1, -0.05) is 6.07 Å². The van der Waals surface area contributed by atoms with Crippen molar-refractivity contribution in [3.63, 3.8) is 0 Å². The highest BCUT2D eigenvalue weighted by atomic mass is 32.2. The number of benzene rings is 1. The largest absolute Gasteiger partial charge is 0.399 e. The lowest BCUT2D eigenvalue weighted by Crippen LogP contribution is -1.88. The van der Waals surface area contributed by atoms with Crippen LogP contribution in [0.2, 0.25) is 0 Å². The van der Waals surface area contributed by atoms with E-state index in [2.05, 4.69) is 4.98 Å². The van der Waals surface area contributed by atoms with Crippen LogP contribution in [0.15, 0.2) is 47.6 Å². The van der Waals surface area contributed by atoms with Crippen molar-refractivity contribution in [1.29, 1.82) is 0 Å². The minimum Gasteiger partial charge on any atom is -0.399 e. The van der Waals surface area contributed by atoms with Gasteiger partial charge in [0.1, 0.15) is 11.5 Å². The van der Waals surface area contributed by atoms with Crippen molar-refractivity contribution >= 4 is 23.1 Å². The number of hydrogen-bond donors (Lipinski definition) is 1. The molecular formula is C15H14FN3S. The zero-order valence-corrected chi connectivity index (χ0v) is 11.8. The summed E-state index contributed by atoms with van der Waals surface area (Å²) < 4.78 is 15.7. The maximum atomic E-state index is 13.7. The average Bonchev–Trinajstić information content (AvgIpc) is 2.79. The van der Waals surface area contributed by atoms with E-state index in [4.69, 9.17) is 5.73 Å². The summed E-state index contributed by atoms with van der Waals surface area (Å²) in [4.78, 5) is 5.10. The van der Waals surface area contributed by atoms with Crippen LogP contribution in [0.3, 0.4) is 0 Å². The monoisotopic (exact) mass is 287 g/mol. The van der Waals surface area contributed by atoms with Crippen LogP contribution < -0.4 is 5.73 Å². The highest BCUT2D eigenvalue weighted by Gasteiger charge is 2.06. The number of fused-ring (bicyclic) bond motifs is 1. The Morgan fingerprint density at radius 3 is 2.90 bits per heavy atom. The third-order valence-electron chi connectivity index (χ3n) is 2.98. The summed E-state index contributed by atoms with van der Waals surface area (Å²) >= 11 is 1.42. The number of pyridine rings is 1. The first-order valence-electron chi connectivity index (χ1n) is 6.24. The quantitative estimate of drug-likeness (QED) is 0.590. The number of nitrogens with zero attached hydrogens (tertiary/aromatic N) is 2. The average molecular weight is 287 g/mol. The fraction of sp³-hybridized carbons (Fsp3) is 0.133. The number of anilines is 1. The number of halogens is 1. The van der Waals surface area contributed by atoms with Crippen molar-refractivity contribution < 1.29 is 4.39 Å². The van der Waals surface area contributed by atoms with Gasteiger partial charge in [0, 0.05) is 28.7 Å². The third kappa shape index (κ3) is 2.63. The predicted molar refractivity (Wildman–Crippen MR) is 80.3 cm³/mol. The number of thioether (sulfide) groups is 1. The van der Waals surface area contributed by atoms with Crippen LogP contribution in [0.4, 0.5) is 10.1 Å². The molecule has 20 heavy (non-hydrogen) atoms. The van der Waals surface area contributed by atoms with Crippen LogP contribution in [0.5, 0.6) is 0 Å². The van der Waals surface area contributed by atoms with E-state index in [-0.39, 0.29) is 5.82 Å². The molecule has 102 valence electrons. The molecule has 0 aliphatic heterocycles. The molecule has 2 aromatic heterocycles. The van der Waals surface area contributed by atoms with E-state index in [1.54, 1.807) is 12.1 Å². The summed E-state index contributed by atoms with van der Waals surface area (Å²) in [5.41, 5.74) is 8.99. The predicted octanol–water partition coefficient (Wildman–Crippen LogP) is 3.66. The normalized spacial score (nSPS) is 11.1. The van der Waals surface area contributed by atoms with Crippen LogP contribution in [-0.4, -0.2) is 9.38 Å². The summed E-state index contributed by atoms with van der Waals surface area (Å²) in [6.45, 7) is 2.04. The smallest absolute Gasteiger partial charge is 0.138 e. The molecule has 0 aliphatic carbocycles. The zero-order valence-electron chi connectivity index (χ0n) is 11.0. The Labute approximate surface area is 120 Å². The standard InChI is InChI=1S/C15H14FN3S/c1-10-2-5-15-18-12(8-19(15)7-10)9-20-14-4-3-11(17)6-13(14)16/h2-8H,9,17H2,1H3. The number of aromatic nitrogens is 2. The molecule has 0 amide bonds. The van der Waals surface area contributed by atoms with Crippen molar-refractivity contribution in [3.8, 4) is 0 Å². The van der Waals surface area contributed by atoms with Gasteiger partial charge in [-0.25, -0.2) is 9.37 Å². The number of imidazole rings is 1. The minimum absolute atomic E-state index is 0.283. The van der Waals surface area contributed by atoms with Crippen LogP contribution in [0, 0.1) is 12.7 Å². The molecule has 1 aromatic carbocycles. The maximum Gasteiger partial charge on any atom is 0.138 e. The molecule has 5 heteroatoms. The molecule has 0 fully saturated rings. The van der Waals surface area contributed by atoms with Crippen molar-refractivity contribution in [2.24, 2.45) is 0 Å². The van der Waals surface area contributed by atoms with Gasteiger partial charge >= 0.3 is 0 Å². The van der Waals surface area contributed by atoms with Gasteiger partial charge in [-0.2, -0.15) is 0 Å². The summed E-state index contributed by atoms with van der Waals surface area (Å²) in [5, 5.41) is 0. The molecule has 3 rings (SSSR count). The van der Waals surface area contributed by atoms with Gasteiger partial charge in [-0.05, 0) is 36.8 Å². The number of nitrogens with two attached hydrogens (primary N) is 1. The van der Waals surface area contributed by atoms with E-state index in [9.17, 15) is 4.39 Å². The van der Waals surface area contributed by atoms with Crippen molar-refractivity contribution in [3.05, 3.63) is 59.8 Å². The number of nitrogen functional groups attached to an aromatic ring is 1. The van der Waals surface area contributed by atoms with Crippen molar-refractivity contribution in [2.45, 2.75) is 17.6 Å². The molecule has 0 aliphatic rings. The van der Waals surface area contributed by atoms with Gasteiger partial charge in [-0.3, -0.25) is 0 Å². The Kier molecular flexibility index (Phi) is 3.36. The van der Waals surface area contributed by atoms with Gasteiger partial charge in [-0.15, -0.1) is 11.8 Å². The Balaban J connectivity index is 1.79. The lowest BCUT2D eigenvalue weighted by molar-refractivity contribution is 0.602. The zero-order chi connectivity index (χ0) is 14.1. The van der Waals surface area contributed by atoms with Gasteiger partial charge < -0.3 is 10.1 Å². The fourth-order valence-electron chi connectivity index (χ4n) is 2.01. The summed E-state index contributed by atoms with van der Waals surface area (Å²) in [6, 6.07) is 8.76. The van der Waals surface area contributed by atoms with Gasteiger partial charge in [0.2, 0.25) is 0 Å². The van der Waals surface area contributed by atoms with Crippen molar-refractivity contribution in [2.75, 3.05) is 5.73 Å². The van der Waals surface area contributed by atoms with E-state index in [1.165, 1.54) is 23.4 Å². The van der Waals surface area contributed by atoms with Crippen LogP contribution in [-0.2, 0) is 5.75 Å². The number of rotatable bonds is 3. The minimum atomic E-state index is -0.283. The highest BCUT2D eigenvalue weighted by molar-refractivity contribution is 7.98. The summed E-state index contributed by atoms with van der Waals surface area (Å²) in [6.07, 6.45) is 4.00. The van der Waals surface area contributed by atoms with Gasteiger partial charge in [0.15, 0.2) is 0 Å². The fourth-order valence-corrected chi connectivity index (χ4v) is 2.81. The Bertz CT molecular complexity index is 767. The first-order chi connectivity index (χ1) is 9.61. The highest BCUT2D eigenvalue weighted by Crippen LogP contribution is 2.26. The molecule has 0 saturated heterocycles. The molecule has 0 atom stereocenters. The molecule has 0 saturated carbocycles. The van der Waals surface area contributed by atoms with E-state index in [1.807, 2.05) is 35.9 Å². The molecule has 2 heterocycles. The molecule has 0 bridgehead atoms. The van der Waals surface area contributed by atoms with Crippen LogP contribution >= 0.6 is 11.8 Å². The molecule has 0 spiro atoms. The van der Waals surface area contributed by atoms with Crippen LogP contribution in [0.25, 0.3) is 5.65 Å². The van der Waals surface area contributed by atoms with Crippen LogP contribution in [0.1, 0.15) is 11.3 Å². The molecule has 3 aromatic rings. The second-order valence-corrected chi connectivity index (χ2v) is 5.70. The van der Waals surface area contributed by atoms with Gasteiger partial charge in [0.25, 0.3) is 0 Å². The Morgan fingerprint density at radius 1 is 1.25 bits per heavy atom. The molecule has 2 N–H and O–H groups in total. The van der Waals surface area contributed by atoms with E-state index in [0.29, 0.717) is 16.3 Å². The number of aryl methyl sites for hydroxylation is 1. The first-order valence-corrected chi connectivity index (χ1v) is 7.22. The Hall–Kier alpha value is -2.01. The molecule has 3 nitrogen and oxygen atoms in total. The molecular weight excluding hydrogens is 273 g/mol. The van der Waals surface area contributed by atoms with E-state index in [0.717, 1.165) is 11.3 Å². The number of hydrogen-bond acceptors (Lipinski definition) is 3. The molecule has 0 radical (unpaired) electrons. The summed E-state index contributed by atoms with van der Waals surface area (Å²) in [5.74, 6) is 0.344. The second-order valence-electron chi connectivity index (χ2n) is 4.68. The lowest BCUT2D eigenvalue weighted by atomic mass is 10.3. The van der Waals surface area contributed by atoms with E-state index >= 15 is 0 Å². The lowest BCUT2D eigenvalue weighted by Gasteiger charge is -2.02.